The molecule has 118 valence electrons. The molecule has 0 bridgehead atoms. The molecule has 2 N–H and O–H groups in total. The summed E-state index contributed by atoms with van der Waals surface area (Å²) in [5, 5.41) is 13.6. The number of halogens is 2. The molecule has 0 aliphatic heterocycles. The first-order valence-corrected chi connectivity index (χ1v) is 7.90. The lowest BCUT2D eigenvalue weighted by Gasteiger charge is -2.08. The first kappa shape index (κ1) is 15.4. The lowest BCUT2D eigenvalue weighted by molar-refractivity contribution is 0.102. The van der Waals surface area contributed by atoms with Crippen LogP contribution in [0.15, 0.2) is 35.0 Å². The highest BCUT2D eigenvalue weighted by atomic mass is 32.1. The molecule has 0 aliphatic rings. The van der Waals surface area contributed by atoms with Gasteiger partial charge in [0.15, 0.2) is 0 Å². The molecule has 0 aliphatic carbocycles. The largest absolute Gasteiger partial charge is 0.318 e. The molecule has 0 spiro atoms. The first-order valence-electron chi connectivity index (χ1n) is 6.96. The van der Waals surface area contributed by atoms with Crippen LogP contribution in [-0.2, 0) is 6.42 Å². The molecular weight excluding hydrogens is 320 g/mol. The topological polar surface area (TPSA) is 57.8 Å². The maximum atomic E-state index is 13.8. The third-order valence-electron chi connectivity index (χ3n) is 3.40. The zero-order valence-electron chi connectivity index (χ0n) is 12.2. The van der Waals surface area contributed by atoms with Crippen molar-refractivity contribution in [2.24, 2.45) is 0 Å². The van der Waals surface area contributed by atoms with Crippen LogP contribution in [0.3, 0.4) is 0 Å². The van der Waals surface area contributed by atoms with E-state index in [2.05, 4.69) is 15.5 Å². The summed E-state index contributed by atoms with van der Waals surface area (Å²) in [6.07, 6.45) is 0.624. The second-order valence-corrected chi connectivity index (χ2v) is 5.65. The highest BCUT2D eigenvalue weighted by molar-refractivity contribution is 7.08. The van der Waals surface area contributed by atoms with Gasteiger partial charge in [0, 0.05) is 17.0 Å². The number of rotatable bonds is 4. The maximum absolute atomic E-state index is 13.8. The summed E-state index contributed by atoms with van der Waals surface area (Å²) in [7, 11) is 0. The Hall–Kier alpha value is -2.54. The van der Waals surface area contributed by atoms with Crippen LogP contribution in [0.25, 0.3) is 11.3 Å². The molecule has 3 aromatic rings. The summed E-state index contributed by atoms with van der Waals surface area (Å²) >= 11 is 1.51. The van der Waals surface area contributed by atoms with Crippen LogP contribution < -0.4 is 5.32 Å². The van der Waals surface area contributed by atoms with Crippen LogP contribution in [-0.4, -0.2) is 16.1 Å². The fraction of sp³-hybridized carbons (Fsp3) is 0.125. The zero-order chi connectivity index (χ0) is 16.4. The monoisotopic (exact) mass is 333 g/mol. The average Bonchev–Trinajstić information content (AvgIpc) is 3.15. The molecule has 0 radical (unpaired) electrons. The van der Waals surface area contributed by atoms with Gasteiger partial charge in [-0.1, -0.05) is 6.92 Å². The van der Waals surface area contributed by atoms with E-state index in [1.165, 1.54) is 11.3 Å². The molecule has 1 amide bonds. The molecule has 0 fully saturated rings. The summed E-state index contributed by atoms with van der Waals surface area (Å²) in [5.41, 5.74) is 2.49. The van der Waals surface area contributed by atoms with Crippen LogP contribution >= 0.6 is 11.3 Å². The van der Waals surface area contributed by atoms with E-state index in [1.54, 1.807) is 0 Å². The number of aromatic nitrogens is 2. The van der Waals surface area contributed by atoms with Crippen molar-refractivity contribution < 1.29 is 13.6 Å². The number of hydrogen-bond donors (Lipinski definition) is 2. The Morgan fingerprint density at radius 1 is 1.35 bits per heavy atom. The van der Waals surface area contributed by atoms with E-state index in [0.717, 1.165) is 23.4 Å². The molecular formula is C16H13F2N3OS. The lowest BCUT2D eigenvalue weighted by atomic mass is 10.1. The maximum Gasteiger partial charge on any atom is 0.258 e. The Morgan fingerprint density at radius 3 is 2.83 bits per heavy atom. The van der Waals surface area contributed by atoms with Crippen molar-refractivity contribution in [3.8, 4) is 11.3 Å². The number of nitrogens with one attached hydrogen (secondary N) is 2. The van der Waals surface area contributed by atoms with Crippen molar-refractivity contribution >= 4 is 22.9 Å². The molecule has 2 aromatic heterocycles. The molecule has 3 rings (SSSR count). The quantitative estimate of drug-likeness (QED) is 0.750. The predicted octanol–water partition coefficient (Wildman–Crippen LogP) is 4.23. The van der Waals surface area contributed by atoms with Crippen molar-refractivity contribution in [3.05, 3.63) is 57.9 Å². The van der Waals surface area contributed by atoms with Crippen molar-refractivity contribution in [2.45, 2.75) is 13.3 Å². The first-order chi connectivity index (χ1) is 11.1. The van der Waals surface area contributed by atoms with Crippen molar-refractivity contribution in [1.82, 2.24) is 10.2 Å². The molecule has 0 saturated heterocycles. The van der Waals surface area contributed by atoms with Gasteiger partial charge in [-0.25, -0.2) is 8.78 Å². The minimum atomic E-state index is -0.902. The van der Waals surface area contributed by atoms with Crippen LogP contribution in [0.4, 0.5) is 14.5 Å². The van der Waals surface area contributed by atoms with Crippen LogP contribution in [0.5, 0.6) is 0 Å². The summed E-state index contributed by atoms with van der Waals surface area (Å²) in [6, 6.07) is 4.74. The Labute approximate surface area is 135 Å². The van der Waals surface area contributed by atoms with Crippen LogP contribution in [0.1, 0.15) is 23.0 Å². The van der Waals surface area contributed by atoms with Gasteiger partial charge in [0.2, 0.25) is 0 Å². The molecule has 7 heteroatoms. The fourth-order valence-corrected chi connectivity index (χ4v) is 2.87. The van der Waals surface area contributed by atoms with Gasteiger partial charge in [0.25, 0.3) is 5.91 Å². The number of amides is 1. The number of aromatic amines is 1. The van der Waals surface area contributed by atoms with Crippen molar-refractivity contribution in [1.29, 1.82) is 0 Å². The van der Waals surface area contributed by atoms with E-state index >= 15 is 0 Å². The molecule has 0 unspecified atom stereocenters. The Balaban J connectivity index is 1.96. The molecule has 4 nitrogen and oxygen atoms in total. The van der Waals surface area contributed by atoms with E-state index in [9.17, 15) is 13.6 Å². The van der Waals surface area contributed by atoms with Gasteiger partial charge >= 0.3 is 0 Å². The normalized spacial score (nSPS) is 10.7. The number of hydrogen-bond acceptors (Lipinski definition) is 3. The Morgan fingerprint density at radius 2 is 2.17 bits per heavy atom. The highest BCUT2D eigenvalue weighted by Gasteiger charge is 2.19. The van der Waals surface area contributed by atoms with Crippen LogP contribution in [0.2, 0.25) is 0 Å². The van der Waals surface area contributed by atoms with Gasteiger partial charge in [-0.3, -0.25) is 9.89 Å². The zero-order valence-corrected chi connectivity index (χ0v) is 13.0. The van der Waals surface area contributed by atoms with E-state index in [-0.39, 0.29) is 5.56 Å². The number of H-pyrrole nitrogens is 1. The van der Waals surface area contributed by atoms with Gasteiger partial charge in [-0.2, -0.15) is 16.4 Å². The van der Waals surface area contributed by atoms with Gasteiger partial charge in [-0.15, -0.1) is 0 Å². The van der Waals surface area contributed by atoms with Gasteiger partial charge in [0.05, 0.1) is 16.9 Å². The number of anilines is 1. The standard InChI is InChI=1S/C16H13F2N3OS/c1-2-13-15(14(21-20-13)9-5-6-23-8-9)19-16(22)11-4-3-10(17)7-12(11)18/h3-8H,2H2,1H3,(H,19,22)(H,20,21). The SMILES string of the molecule is CCc1[nH]nc(-c2ccsc2)c1NC(=O)c1ccc(F)cc1F. The predicted molar refractivity (Wildman–Crippen MR) is 85.6 cm³/mol. The summed E-state index contributed by atoms with van der Waals surface area (Å²) < 4.78 is 26.7. The fourth-order valence-electron chi connectivity index (χ4n) is 2.23. The second kappa shape index (κ2) is 6.29. The lowest BCUT2D eigenvalue weighted by Crippen LogP contribution is -2.15. The minimum absolute atomic E-state index is 0.217. The number of thiophene rings is 1. The van der Waals surface area contributed by atoms with E-state index in [1.807, 2.05) is 23.8 Å². The molecule has 1 aromatic carbocycles. The van der Waals surface area contributed by atoms with E-state index < -0.39 is 17.5 Å². The third kappa shape index (κ3) is 3.00. The van der Waals surface area contributed by atoms with Gasteiger partial charge in [0.1, 0.15) is 17.3 Å². The van der Waals surface area contributed by atoms with E-state index in [4.69, 9.17) is 0 Å². The smallest absolute Gasteiger partial charge is 0.258 e. The number of carbonyl (C=O) groups is 1. The molecule has 0 saturated carbocycles. The van der Waals surface area contributed by atoms with Gasteiger partial charge < -0.3 is 5.32 Å². The molecule has 0 atom stereocenters. The Bertz CT molecular complexity index is 843. The number of benzene rings is 1. The summed E-state index contributed by atoms with van der Waals surface area (Å²) in [6.45, 7) is 1.92. The molecule has 23 heavy (non-hydrogen) atoms. The number of aryl methyl sites for hydroxylation is 1. The molecule has 2 heterocycles. The van der Waals surface area contributed by atoms with Crippen molar-refractivity contribution in [3.63, 3.8) is 0 Å². The van der Waals surface area contributed by atoms with Gasteiger partial charge in [-0.05, 0) is 30.0 Å². The summed E-state index contributed by atoms with van der Waals surface area (Å²) in [5.74, 6) is -2.27. The minimum Gasteiger partial charge on any atom is -0.318 e. The number of carbonyl (C=O) groups excluding carboxylic acids is 1. The van der Waals surface area contributed by atoms with Crippen molar-refractivity contribution in [2.75, 3.05) is 5.32 Å². The van der Waals surface area contributed by atoms with Crippen LogP contribution in [0, 0.1) is 11.6 Å². The number of nitrogens with zero attached hydrogens (tertiary/aromatic N) is 1. The summed E-state index contributed by atoms with van der Waals surface area (Å²) in [4.78, 5) is 12.3. The average molecular weight is 333 g/mol. The Kier molecular flexibility index (Phi) is 4.20. The second-order valence-electron chi connectivity index (χ2n) is 4.87. The highest BCUT2D eigenvalue weighted by Crippen LogP contribution is 2.31. The van der Waals surface area contributed by atoms with E-state index in [0.29, 0.717) is 23.9 Å². The third-order valence-corrected chi connectivity index (χ3v) is 4.09.